The number of carbonyl (C=O) groups is 3. The number of carboxylic acids is 1. The van der Waals surface area contributed by atoms with E-state index in [-0.39, 0.29) is 19.4 Å². The van der Waals surface area contributed by atoms with Gasteiger partial charge in [0.15, 0.2) is 6.10 Å². The highest BCUT2D eigenvalue weighted by molar-refractivity contribution is 7.47. The second-order valence-corrected chi connectivity index (χ2v) is 13.1. The van der Waals surface area contributed by atoms with Crippen molar-refractivity contribution in [1.29, 1.82) is 0 Å². The number of phosphoric acid groups is 1. The lowest BCUT2D eigenvalue weighted by Crippen LogP contribution is -2.34. The van der Waals surface area contributed by atoms with Crippen molar-refractivity contribution < 1.29 is 47.5 Å². The molecule has 4 N–H and O–H groups in total. The van der Waals surface area contributed by atoms with Gasteiger partial charge in [-0.25, -0.2) is 4.57 Å². The molecule has 0 aromatic carbocycles. The van der Waals surface area contributed by atoms with E-state index in [1.165, 1.54) is 32.1 Å². The molecule has 48 heavy (non-hydrogen) atoms. The van der Waals surface area contributed by atoms with E-state index in [0.717, 1.165) is 57.8 Å². The van der Waals surface area contributed by atoms with E-state index in [2.05, 4.69) is 67.0 Å². The summed E-state index contributed by atoms with van der Waals surface area (Å²) < 4.78 is 32.4. The lowest BCUT2D eigenvalue weighted by atomic mass is 10.1. The summed E-state index contributed by atoms with van der Waals surface area (Å²) >= 11 is 0. The number of ether oxygens (including phenoxy) is 2. The maximum atomic E-state index is 12.5. The lowest BCUT2D eigenvalue weighted by Gasteiger charge is -2.20. The standard InChI is InChI=1S/C36H62NO10P/c1-3-5-7-9-11-13-14-15-16-17-18-20-22-24-26-28-35(39)47-32(30-45-48(42,43)46-31-33(37)36(40)41)29-44-34(38)27-25-23-21-19-12-10-8-6-4-2/h5,7,11,13,15-16,18,20,32-33H,3-4,6,8-10,12,14,17,19,21-31,37H2,1-2H3,(H,40,41)(H,42,43)/b7-5-,13-11-,16-15-,20-18-/t32-,33+/m1/s1. The zero-order chi connectivity index (χ0) is 35.7. The SMILES string of the molecule is CC/C=C\C/C=C\C/C=C\C/C=C\CCCCC(=O)O[C@H](COC(=O)CCCCCCCCCCC)COP(=O)(O)OC[C@H](N)C(=O)O. The first-order valence-corrected chi connectivity index (χ1v) is 19.2. The molecular formula is C36H62NO10P. The van der Waals surface area contributed by atoms with Crippen molar-refractivity contribution in [3.8, 4) is 0 Å². The van der Waals surface area contributed by atoms with Crippen molar-refractivity contribution in [1.82, 2.24) is 0 Å². The largest absolute Gasteiger partial charge is 0.480 e. The highest BCUT2D eigenvalue weighted by Gasteiger charge is 2.28. The summed E-state index contributed by atoms with van der Waals surface area (Å²) in [6.45, 7) is 2.58. The molecule has 0 aromatic heterocycles. The minimum atomic E-state index is -4.72. The average Bonchev–Trinajstić information content (AvgIpc) is 3.05. The fourth-order valence-corrected chi connectivity index (χ4v) is 5.07. The highest BCUT2D eigenvalue weighted by atomic mass is 31.2. The van der Waals surface area contributed by atoms with Crippen molar-refractivity contribution in [2.45, 2.75) is 142 Å². The number of unbranched alkanes of at least 4 members (excludes halogenated alkanes) is 10. The quantitative estimate of drug-likeness (QED) is 0.0267. The van der Waals surface area contributed by atoms with Crippen LogP contribution in [0.1, 0.15) is 129 Å². The summed E-state index contributed by atoms with van der Waals surface area (Å²) in [5, 5.41) is 8.83. The molecule has 0 saturated heterocycles. The third kappa shape index (κ3) is 30.8. The van der Waals surface area contributed by atoms with Crippen LogP contribution in [0.5, 0.6) is 0 Å². The molecule has 0 aliphatic heterocycles. The van der Waals surface area contributed by atoms with Crippen LogP contribution in [0, 0.1) is 0 Å². The van der Waals surface area contributed by atoms with Crippen molar-refractivity contribution in [2.24, 2.45) is 5.73 Å². The van der Waals surface area contributed by atoms with E-state index < -0.39 is 51.1 Å². The van der Waals surface area contributed by atoms with E-state index in [1.54, 1.807) is 0 Å². The first-order valence-electron chi connectivity index (χ1n) is 17.7. The van der Waals surface area contributed by atoms with Crippen molar-refractivity contribution >= 4 is 25.7 Å². The van der Waals surface area contributed by atoms with Crippen molar-refractivity contribution in [3.63, 3.8) is 0 Å². The Balaban J connectivity index is 4.57. The van der Waals surface area contributed by atoms with E-state index in [9.17, 15) is 23.8 Å². The van der Waals surface area contributed by atoms with Gasteiger partial charge in [-0.15, -0.1) is 0 Å². The lowest BCUT2D eigenvalue weighted by molar-refractivity contribution is -0.161. The van der Waals surface area contributed by atoms with Crippen LogP contribution in [0.2, 0.25) is 0 Å². The first kappa shape index (κ1) is 45.4. The van der Waals surface area contributed by atoms with Gasteiger partial charge < -0.3 is 25.2 Å². The second kappa shape index (κ2) is 31.7. The Morgan fingerprint density at radius 2 is 1.17 bits per heavy atom. The summed E-state index contributed by atoms with van der Waals surface area (Å²) in [6.07, 6.45) is 32.0. The van der Waals surface area contributed by atoms with Gasteiger partial charge >= 0.3 is 25.7 Å². The predicted octanol–water partition coefficient (Wildman–Crippen LogP) is 8.27. The molecule has 0 radical (unpaired) electrons. The van der Waals surface area contributed by atoms with E-state index in [4.69, 9.17) is 24.8 Å². The number of carbonyl (C=O) groups excluding carboxylic acids is 2. The molecule has 0 heterocycles. The van der Waals surface area contributed by atoms with E-state index in [0.29, 0.717) is 12.8 Å². The number of aliphatic carboxylic acids is 1. The molecule has 0 rings (SSSR count). The molecular weight excluding hydrogens is 637 g/mol. The molecule has 0 aromatic rings. The van der Waals surface area contributed by atoms with Gasteiger partial charge in [-0.1, -0.05) is 114 Å². The second-order valence-electron chi connectivity index (χ2n) is 11.6. The number of hydrogen-bond donors (Lipinski definition) is 3. The number of esters is 2. The number of carboxylic acid groups (broad SMARTS) is 1. The number of allylic oxidation sites excluding steroid dienone is 8. The molecule has 0 aliphatic rings. The Labute approximate surface area is 288 Å². The number of hydrogen-bond acceptors (Lipinski definition) is 9. The van der Waals surface area contributed by atoms with E-state index >= 15 is 0 Å². The molecule has 0 amide bonds. The zero-order valence-electron chi connectivity index (χ0n) is 29.3. The van der Waals surface area contributed by atoms with Crippen LogP contribution in [0.3, 0.4) is 0 Å². The zero-order valence-corrected chi connectivity index (χ0v) is 30.2. The molecule has 1 unspecified atom stereocenters. The van der Waals surface area contributed by atoms with Gasteiger partial charge in [0.05, 0.1) is 13.2 Å². The Kier molecular flexibility index (Phi) is 30.0. The van der Waals surface area contributed by atoms with Gasteiger partial charge in [-0.05, 0) is 51.4 Å². The monoisotopic (exact) mass is 699 g/mol. The van der Waals surface area contributed by atoms with Crippen molar-refractivity contribution in [2.75, 3.05) is 19.8 Å². The van der Waals surface area contributed by atoms with E-state index in [1.807, 2.05) is 0 Å². The molecule has 0 spiro atoms. The Morgan fingerprint density at radius 3 is 1.75 bits per heavy atom. The maximum absolute atomic E-state index is 12.5. The molecule has 0 fully saturated rings. The number of phosphoric ester groups is 1. The Morgan fingerprint density at radius 1 is 0.667 bits per heavy atom. The van der Waals surface area contributed by atoms with Crippen LogP contribution in [0.15, 0.2) is 48.6 Å². The van der Waals surface area contributed by atoms with Crippen LogP contribution in [0.25, 0.3) is 0 Å². The summed E-state index contributed by atoms with van der Waals surface area (Å²) in [7, 11) is -4.72. The van der Waals surface area contributed by atoms with Gasteiger partial charge in [0.25, 0.3) is 0 Å². The average molecular weight is 700 g/mol. The maximum Gasteiger partial charge on any atom is 0.472 e. The van der Waals surface area contributed by atoms with Crippen molar-refractivity contribution in [3.05, 3.63) is 48.6 Å². The minimum absolute atomic E-state index is 0.108. The molecule has 0 bridgehead atoms. The van der Waals surface area contributed by atoms with Crippen LogP contribution < -0.4 is 5.73 Å². The van der Waals surface area contributed by atoms with Gasteiger partial charge in [0.2, 0.25) is 0 Å². The molecule has 12 heteroatoms. The van der Waals surface area contributed by atoms with Gasteiger partial charge in [0, 0.05) is 12.8 Å². The number of rotatable bonds is 32. The smallest absolute Gasteiger partial charge is 0.472 e. The Hall–Kier alpha value is -2.56. The normalized spacial score (nSPS) is 14.6. The number of nitrogens with two attached hydrogens (primary N) is 1. The fourth-order valence-electron chi connectivity index (χ4n) is 4.29. The van der Waals surface area contributed by atoms with Crippen LogP contribution in [-0.2, 0) is 37.5 Å². The summed E-state index contributed by atoms with van der Waals surface area (Å²) in [6, 6.07) is -1.53. The molecule has 0 saturated carbocycles. The van der Waals surface area contributed by atoms with Crippen LogP contribution in [0.4, 0.5) is 0 Å². The predicted molar refractivity (Wildman–Crippen MR) is 189 cm³/mol. The summed E-state index contributed by atoms with van der Waals surface area (Å²) in [4.78, 5) is 45.5. The third-order valence-corrected chi connectivity index (χ3v) is 8.04. The molecule has 0 aliphatic carbocycles. The topological polar surface area (TPSA) is 172 Å². The molecule has 11 nitrogen and oxygen atoms in total. The summed E-state index contributed by atoms with van der Waals surface area (Å²) in [5.41, 5.74) is 5.30. The third-order valence-electron chi connectivity index (χ3n) is 7.09. The molecule has 276 valence electrons. The Bertz CT molecular complexity index is 1010. The van der Waals surface area contributed by atoms with Crippen LogP contribution >= 0.6 is 7.82 Å². The fraction of sp³-hybridized carbons (Fsp3) is 0.694. The van der Waals surface area contributed by atoms with Gasteiger partial charge in [0.1, 0.15) is 12.6 Å². The summed E-state index contributed by atoms with van der Waals surface area (Å²) in [5.74, 6) is -2.44. The van der Waals surface area contributed by atoms with Crippen LogP contribution in [-0.4, -0.2) is 59.9 Å². The van der Waals surface area contributed by atoms with Gasteiger partial charge in [-0.2, -0.15) is 0 Å². The minimum Gasteiger partial charge on any atom is -0.480 e. The first-order chi connectivity index (χ1) is 23.1. The highest BCUT2D eigenvalue weighted by Crippen LogP contribution is 2.43. The molecule has 3 atom stereocenters. The van der Waals surface area contributed by atoms with Gasteiger partial charge in [-0.3, -0.25) is 23.4 Å².